The maximum atomic E-state index is 12.7. The van der Waals surface area contributed by atoms with Crippen LogP contribution in [0.3, 0.4) is 0 Å². The summed E-state index contributed by atoms with van der Waals surface area (Å²) in [7, 11) is 0. The van der Waals surface area contributed by atoms with Crippen molar-refractivity contribution in [3.63, 3.8) is 0 Å². The SMILES string of the molecule is Cc1ccc(CN(C(=O)NCC(C)(C)N2CCCC(C)C2)C(C)C)o1. The molecule has 1 fully saturated rings. The lowest BCUT2D eigenvalue weighted by atomic mass is 9.93. The van der Waals surface area contributed by atoms with E-state index in [1.807, 2.05) is 37.8 Å². The van der Waals surface area contributed by atoms with Gasteiger partial charge in [0.05, 0.1) is 6.54 Å². The van der Waals surface area contributed by atoms with Crippen molar-refractivity contribution in [1.29, 1.82) is 0 Å². The predicted octanol–water partition coefficient (Wildman–Crippen LogP) is 4.02. The summed E-state index contributed by atoms with van der Waals surface area (Å²) >= 11 is 0. The number of amides is 2. The molecule has 5 nitrogen and oxygen atoms in total. The topological polar surface area (TPSA) is 48.7 Å². The third-order valence-electron chi connectivity index (χ3n) is 5.19. The smallest absolute Gasteiger partial charge is 0.318 e. The van der Waals surface area contributed by atoms with Crippen LogP contribution in [0, 0.1) is 12.8 Å². The monoisotopic (exact) mass is 349 g/mol. The molecule has 0 aliphatic carbocycles. The van der Waals surface area contributed by atoms with Gasteiger partial charge in [0.25, 0.3) is 0 Å². The fourth-order valence-electron chi connectivity index (χ4n) is 3.47. The summed E-state index contributed by atoms with van der Waals surface area (Å²) in [6.45, 7) is 16.1. The number of aryl methyl sites for hydroxylation is 1. The van der Waals surface area contributed by atoms with Crippen LogP contribution in [0.4, 0.5) is 4.79 Å². The van der Waals surface area contributed by atoms with E-state index in [-0.39, 0.29) is 17.6 Å². The average molecular weight is 350 g/mol. The van der Waals surface area contributed by atoms with Crippen LogP contribution in [0.2, 0.25) is 0 Å². The minimum Gasteiger partial charge on any atom is -0.464 e. The van der Waals surface area contributed by atoms with Gasteiger partial charge in [0.15, 0.2) is 0 Å². The second kappa shape index (κ2) is 8.26. The Labute approximate surface area is 152 Å². The summed E-state index contributed by atoms with van der Waals surface area (Å²) in [5, 5.41) is 3.15. The molecule has 1 atom stereocenters. The number of nitrogens with one attached hydrogen (secondary N) is 1. The normalized spacial score (nSPS) is 19.2. The average Bonchev–Trinajstić information content (AvgIpc) is 2.95. The van der Waals surface area contributed by atoms with Crippen LogP contribution in [0.1, 0.15) is 59.0 Å². The fraction of sp³-hybridized carbons (Fsp3) is 0.750. The zero-order valence-corrected chi connectivity index (χ0v) is 16.8. The Hall–Kier alpha value is -1.49. The van der Waals surface area contributed by atoms with Crippen molar-refractivity contribution in [1.82, 2.24) is 15.1 Å². The number of furan rings is 1. The van der Waals surface area contributed by atoms with Crippen LogP contribution in [0.25, 0.3) is 0 Å². The van der Waals surface area contributed by atoms with Crippen molar-refractivity contribution in [2.75, 3.05) is 19.6 Å². The summed E-state index contributed by atoms with van der Waals surface area (Å²) in [5.41, 5.74) is -0.0335. The number of carbonyl (C=O) groups is 1. The molecule has 0 saturated carbocycles. The van der Waals surface area contributed by atoms with Gasteiger partial charge >= 0.3 is 6.03 Å². The molecule has 1 aliphatic rings. The third kappa shape index (κ3) is 5.50. The van der Waals surface area contributed by atoms with Crippen LogP contribution >= 0.6 is 0 Å². The molecule has 142 valence electrons. The molecule has 5 heteroatoms. The van der Waals surface area contributed by atoms with E-state index in [2.05, 4.69) is 31.0 Å². The van der Waals surface area contributed by atoms with Crippen LogP contribution in [0.15, 0.2) is 16.5 Å². The number of piperidine rings is 1. The summed E-state index contributed by atoms with van der Waals surface area (Å²) in [4.78, 5) is 17.1. The summed E-state index contributed by atoms with van der Waals surface area (Å²) < 4.78 is 5.64. The standard InChI is InChI=1S/C20H35N3O2/c1-15(2)23(13-18-10-9-17(4)25-18)19(24)21-14-20(5,6)22-11-7-8-16(3)12-22/h9-10,15-16H,7-8,11-14H2,1-6H3,(H,21,24). The Balaban J connectivity index is 1.93. The largest absolute Gasteiger partial charge is 0.464 e. The van der Waals surface area contributed by atoms with E-state index in [9.17, 15) is 4.79 Å². The number of hydrogen-bond acceptors (Lipinski definition) is 3. The molecule has 0 radical (unpaired) electrons. The molecule has 0 aromatic carbocycles. The molecule has 2 amide bonds. The number of likely N-dealkylation sites (tertiary alicyclic amines) is 1. The first-order chi connectivity index (χ1) is 11.7. The first-order valence-corrected chi connectivity index (χ1v) is 9.54. The van der Waals surface area contributed by atoms with Crippen molar-refractivity contribution >= 4 is 6.03 Å². The minimum absolute atomic E-state index is 0.0258. The van der Waals surface area contributed by atoms with Gasteiger partial charge in [-0.25, -0.2) is 4.79 Å². The number of carbonyl (C=O) groups excluding carboxylic acids is 1. The highest BCUT2D eigenvalue weighted by atomic mass is 16.3. The third-order valence-corrected chi connectivity index (χ3v) is 5.19. The van der Waals surface area contributed by atoms with Gasteiger partial charge in [-0.05, 0) is 72.1 Å². The van der Waals surface area contributed by atoms with Crippen LogP contribution in [0.5, 0.6) is 0 Å². The molecule has 2 rings (SSSR count). The maximum absolute atomic E-state index is 12.7. The first kappa shape index (κ1) is 19.8. The lowest BCUT2D eigenvalue weighted by Gasteiger charge is -2.43. The second-order valence-electron chi connectivity index (χ2n) is 8.40. The van der Waals surface area contributed by atoms with Crippen LogP contribution in [-0.2, 0) is 6.54 Å². The molecule has 1 aromatic rings. The van der Waals surface area contributed by atoms with Crippen molar-refractivity contribution in [3.8, 4) is 0 Å². The molecule has 1 unspecified atom stereocenters. The Morgan fingerprint density at radius 1 is 1.44 bits per heavy atom. The quantitative estimate of drug-likeness (QED) is 0.844. The molecular weight excluding hydrogens is 314 g/mol. The van der Waals surface area contributed by atoms with Gasteiger partial charge in [0, 0.05) is 24.7 Å². The molecule has 0 spiro atoms. The lowest BCUT2D eigenvalue weighted by molar-refractivity contribution is 0.0702. The molecule has 1 saturated heterocycles. The highest BCUT2D eigenvalue weighted by molar-refractivity contribution is 5.74. The Kier molecular flexibility index (Phi) is 6.55. The zero-order valence-electron chi connectivity index (χ0n) is 16.8. The highest BCUT2D eigenvalue weighted by Gasteiger charge is 2.31. The van der Waals surface area contributed by atoms with Crippen molar-refractivity contribution in [3.05, 3.63) is 23.7 Å². The Morgan fingerprint density at radius 2 is 2.16 bits per heavy atom. The minimum atomic E-state index is -0.0335. The van der Waals surface area contributed by atoms with E-state index in [1.54, 1.807) is 0 Å². The number of hydrogen-bond donors (Lipinski definition) is 1. The van der Waals surface area contributed by atoms with Gasteiger partial charge in [-0.15, -0.1) is 0 Å². The second-order valence-corrected chi connectivity index (χ2v) is 8.40. The maximum Gasteiger partial charge on any atom is 0.318 e. The first-order valence-electron chi connectivity index (χ1n) is 9.54. The predicted molar refractivity (Wildman–Crippen MR) is 102 cm³/mol. The molecule has 1 N–H and O–H groups in total. The van der Waals surface area contributed by atoms with Crippen molar-refractivity contribution in [2.45, 2.75) is 72.5 Å². The summed E-state index contributed by atoms with van der Waals surface area (Å²) in [6.07, 6.45) is 2.55. The van der Waals surface area contributed by atoms with Crippen molar-refractivity contribution < 1.29 is 9.21 Å². The lowest BCUT2D eigenvalue weighted by Crippen LogP contribution is -2.56. The number of rotatable bonds is 6. The van der Waals surface area contributed by atoms with E-state index in [0.29, 0.717) is 13.1 Å². The molecule has 25 heavy (non-hydrogen) atoms. The van der Waals surface area contributed by atoms with Gasteiger partial charge in [0.2, 0.25) is 0 Å². The van der Waals surface area contributed by atoms with Gasteiger partial charge in [-0.1, -0.05) is 6.92 Å². The van der Waals surface area contributed by atoms with E-state index in [4.69, 9.17) is 4.42 Å². The van der Waals surface area contributed by atoms with E-state index < -0.39 is 0 Å². The highest BCUT2D eigenvalue weighted by Crippen LogP contribution is 2.23. The number of urea groups is 1. The Bertz CT molecular complexity index is 565. The van der Waals surface area contributed by atoms with Crippen molar-refractivity contribution in [2.24, 2.45) is 5.92 Å². The van der Waals surface area contributed by atoms with Gasteiger partial charge in [-0.2, -0.15) is 0 Å². The number of nitrogens with zero attached hydrogens (tertiary/aromatic N) is 2. The van der Waals surface area contributed by atoms with E-state index in [0.717, 1.165) is 30.5 Å². The molecular formula is C20H35N3O2. The summed E-state index contributed by atoms with van der Waals surface area (Å²) in [5.74, 6) is 2.43. The van der Waals surface area contributed by atoms with Gasteiger partial charge in [-0.3, -0.25) is 4.90 Å². The summed E-state index contributed by atoms with van der Waals surface area (Å²) in [6, 6.07) is 3.97. The van der Waals surface area contributed by atoms with Crippen LogP contribution in [-0.4, -0.2) is 47.0 Å². The molecule has 1 aliphatic heterocycles. The fourth-order valence-corrected chi connectivity index (χ4v) is 3.47. The molecule has 2 heterocycles. The zero-order chi connectivity index (χ0) is 18.6. The van der Waals surface area contributed by atoms with Crippen LogP contribution < -0.4 is 5.32 Å². The molecule has 0 bridgehead atoms. The van der Waals surface area contributed by atoms with E-state index >= 15 is 0 Å². The van der Waals surface area contributed by atoms with E-state index in [1.165, 1.54) is 12.8 Å². The van der Waals surface area contributed by atoms with Gasteiger partial charge < -0.3 is 14.6 Å². The van der Waals surface area contributed by atoms with Gasteiger partial charge in [0.1, 0.15) is 11.5 Å². The Morgan fingerprint density at radius 3 is 2.72 bits per heavy atom. The molecule has 1 aromatic heterocycles.